The minimum atomic E-state index is -0.366. The summed E-state index contributed by atoms with van der Waals surface area (Å²) < 4.78 is 18.2. The van der Waals surface area contributed by atoms with E-state index in [-0.39, 0.29) is 35.5 Å². The average Bonchev–Trinajstić information content (AvgIpc) is 2.50. The second-order valence-electron chi connectivity index (χ2n) is 4.48. The molecule has 0 aliphatic carbocycles. The smallest absolute Gasteiger partial charge is 0.193 e. The molecule has 0 amide bonds. The number of nitrogens with zero attached hydrogens (tertiary/aromatic N) is 1. The molecule has 4 nitrogen and oxygen atoms in total. The molecule has 2 rings (SSSR count). The fourth-order valence-corrected chi connectivity index (χ4v) is 1.87. The Kier molecular flexibility index (Phi) is 7.65. The number of nitrogens with one attached hydrogen (secondary N) is 1. The van der Waals surface area contributed by atoms with Crippen molar-refractivity contribution in [2.75, 3.05) is 19.0 Å². The zero-order chi connectivity index (χ0) is 15.1. The van der Waals surface area contributed by atoms with Gasteiger partial charge in [-0.2, -0.15) is 0 Å². The molecule has 2 aromatic carbocycles. The highest BCUT2D eigenvalue weighted by Crippen LogP contribution is 2.18. The molecule has 3 N–H and O–H groups in total. The molecule has 2 aromatic rings. The van der Waals surface area contributed by atoms with Crippen molar-refractivity contribution in [3.63, 3.8) is 0 Å². The van der Waals surface area contributed by atoms with Gasteiger partial charge in [0.05, 0.1) is 7.11 Å². The Morgan fingerprint density at radius 3 is 2.64 bits per heavy atom. The predicted molar refractivity (Wildman–Crippen MR) is 98.6 cm³/mol. The maximum atomic E-state index is 13.3. The third-order valence-corrected chi connectivity index (χ3v) is 2.94. The van der Waals surface area contributed by atoms with E-state index >= 15 is 0 Å². The molecule has 0 unspecified atom stereocenters. The topological polar surface area (TPSA) is 59.6 Å². The number of guanidine groups is 1. The first kappa shape index (κ1) is 18.2. The molecule has 0 atom stereocenters. The number of para-hydroxylation sites is 1. The monoisotopic (exact) mass is 415 g/mol. The van der Waals surface area contributed by atoms with Crippen LogP contribution in [0, 0.1) is 5.82 Å². The number of benzene rings is 2. The maximum Gasteiger partial charge on any atom is 0.193 e. The van der Waals surface area contributed by atoms with Crippen LogP contribution in [0.15, 0.2) is 53.5 Å². The van der Waals surface area contributed by atoms with Gasteiger partial charge in [-0.1, -0.05) is 24.3 Å². The number of halogens is 2. The van der Waals surface area contributed by atoms with Crippen molar-refractivity contribution < 1.29 is 9.13 Å². The highest BCUT2D eigenvalue weighted by atomic mass is 127. The lowest BCUT2D eigenvalue weighted by molar-refractivity contribution is 0.386. The molecule has 0 saturated heterocycles. The van der Waals surface area contributed by atoms with Gasteiger partial charge in [0.2, 0.25) is 0 Å². The molecule has 0 saturated carbocycles. The van der Waals surface area contributed by atoms with E-state index in [4.69, 9.17) is 10.5 Å². The van der Waals surface area contributed by atoms with Crippen molar-refractivity contribution in [3.8, 4) is 5.75 Å². The molecule has 6 heteroatoms. The SMILES string of the molecule is COc1cc(CCN=C(N)Nc2ccccc2)ccc1F.I. The molecule has 0 aliphatic heterocycles. The molecular formula is C16H19FIN3O. The number of anilines is 1. The number of ether oxygens (including phenoxy) is 1. The van der Waals surface area contributed by atoms with E-state index in [2.05, 4.69) is 10.3 Å². The third kappa shape index (κ3) is 5.51. The van der Waals surface area contributed by atoms with Crippen LogP contribution < -0.4 is 15.8 Å². The predicted octanol–water partition coefficient (Wildman–Crippen LogP) is 3.42. The van der Waals surface area contributed by atoms with E-state index in [9.17, 15) is 4.39 Å². The number of aliphatic imine (C=N–C) groups is 1. The molecule has 0 spiro atoms. The van der Waals surface area contributed by atoms with Crippen LogP contribution in [0.5, 0.6) is 5.75 Å². The Bertz CT molecular complexity index is 620. The summed E-state index contributed by atoms with van der Waals surface area (Å²) in [6.07, 6.45) is 0.661. The molecule has 0 aromatic heterocycles. The highest BCUT2D eigenvalue weighted by molar-refractivity contribution is 14.0. The normalized spacial score (nSPS) is 10.7. The fraction of sp³-hybridized carbons (Fsp3) is 0.188. The van der Waals surface area contributed by atoms with Gasteiger partial charge in [-0.25, -0.2) is 4.39 Å². The maximum absolute atomic E-state index is 13.3. The second-order valence-corrected chi connectivity index (χ2v) is 4.48. The lowest BCUT2D eigenvalue weighted by Crippen LogP contribution is -2.23. The van der Waals surface area contributed by atoms with Crippen molar-refractivity contribution in [2.24, 2.45) is 10.7 Å². The zero-order valence-corrected chi connectivity index (χ0v) is 14.6. The molecule has 0 aliphatic rings. The van der Waals surface area contributed by atoms with E-state index in [1.165, 1.54) is 13.2 Å². The van der Waals surface area contributed by atoms with Crippen LogP contribution in [0.1, 0.15) is 5.56 Å². The van der Waals surface area contributed by atoms with Crippen molar-refractivity contribution in [3.05, 3.63) is 59.9 Å². The molecule has 118 valence electrons. The Morgan fingerprint density at radius 1 is 1.23 bits per heavy atom. The summed E-state index contributed by atoms with van der Waals surface area (Å²) in [4.78, 5) is 4.24. The lowest BCUT2D eigenvalue weighted by Gasteiger charge is -2.06. The molecular weight excluding hydrogens is 396 g/mol. The first-order chi connectivity index (χ1) is 10.2. The van der Waals surface area contributed by atoms with E-state index in [0.29, 0.717) is 18.9 Å². The summed E-state index contributed by atoms with van der Waals surface area (Å²) in [6, 6.07) is 14.4. The minimum Gasteiger partial charge on any atom is -0.494 e. The molecule has 0 heterocycles. The van der Waals surface area contributed by atoms with Crippen molar-refractivity contribution in [2.45, 2.75) is 6.42 Å². The summed E-state index contributed by atoms with van der Waals surface area (Å²) in [5.74, 6) is 0.233. The molecule has 0 bridgehead atoms. The average molecular weight is 415 g/mol. The van der Waals surface area contributed by atoms with E-state index < -0.39 is 0 Å². The van der Waals surface area contributed by atoms with Crippen LogP contribution in [0.4, 0.5) is 10.1 Å². The third-order valence-electron chi connectivity index (χ3n) is 2.94. The van der Waals surface area contributed by atoms with Crippen LogP contribution in [-0.2, 0) is 6.42 Å². The lowest BCUT2D eigenvalue weighted by atomic mass is 10.1. The van der Waals surface area contributed by atoms with Gasteiger partial charge >= 0.3 is 0 Å². The van der Waals surface area contributed by atoms with E-state index in [1.807, 2.05) is 30.3 Å². The van der Waals surface area contributed by atoms with Crippen molar-refractivity contribution in [1.29, 1.82) is 0 Å². The van der Waals surface area contributed by atoms with Gasteiger partial charge in [0.15, 0.2) is 17.5 Å². The summed E-state index contributed by atoms with van der Waals surface area (Å²) in [6.45, 7) is 0.514. The number of hydrogen-bond acceptors (Lipinski definition) is 2. The summed E-state index contributed by atoms with van der Waals surface area (Å²) in [7, 11) is 1.45. The Balaban J connectivity index is 0.00000242. The van der Waals surface area contributed by atoms with Gasteiger partial charge in [0.25, 0.3) is 0 Å². The first-order valence-corrected chi connectivity index (χ1v) is 6.63. The minimum absolute atomic E-state index is 0. The second kappa shape index (κ2) is 9.24. The van der Waals surface area contributed by atoms with Crippen LogP contribution in [0.2, 0.25) is 0 Å². The summed E-state index contributed by atoms with van der Waals surface area (Å²) >= 11 is 0. The van der Waals surface area contributed by atoms with E-state index in [1.54, 1.807) is 12.1 Å². The Hall–Kier alpha value is -1.83. The van der Waals surface area contributed by atoms with Gasteiger partial charge < -0.3 is 15.8 Å². The zero-order valence-electron chi connectivity index (χ0n) is 12.3. The first-order valence-electron chi connectivity index (χ1n) is 6.63. The van der Waals surface area contributed by atoms with Crippen LogP contribution in [-0.4, -0.2) is 19.6 Å². The number of rotatable bonds is 5. The Labute approximate surface area is 146 Å². The molecule has 22 heavy (non-hydrogen) atoms. The number of methoxy groups -OCH3 is 1. The quantitative estimate of drug-likeness (QED) is 0.447. The van der Waals surface area contributed by atoms with Crippen molar-refractivity contribution in [1.82, 2.24) is 0 Å². The van der Waals surface area contributed by atoms with Gasteiger partial charge in [0.1, 0.15) is 0 Å². The van der Waals surface area contributed by atoms with Gasteiger partial charge in [-0.15, -0.1) is 24.0 Å². The molecule has 0 fully saturated rings. The van der Waals surface area contributed by atoms with Crippen LogP contribution in [0.25, 0.3) is 0 Å². The summed E-state index contributed by atoms with van der Waals surface area (Å²) in [5, 5.41) is 3.00. The number of nitrogens with two attached hydrogens (primary N) is 1. The van der Waals surface area contributed by atoms with Gasteiger partial charge in [-0.05, 0) is 36.2 Å². The Morgan fingerprint density at radius 2 is 1.95 bits per heavy atom. The number of hydrogen-bond donors (Lipinski definition) is 2. The fourth-order valence-electron chi connectivity index (χ4n) is 1.87. The van der Waals surface area contributed by atoms with E-state index in [0.717, 1.165) is 11.3 Å². The molecule has 0 radical (unpaired) electrons. The van der Waals surface area contributed by atoms with Crippen molar-refractivity contribution >= 4 is 35.6 Å². The van der Waals surface area contributed by atoms with Crippen LogP contribution >= 0.6 is 24.0 Å². The standard InChI is InChI=1S/C16H18FN3O.HI/c1-21-15-11-12(7-8-14(15)17)9-10-19-16(18)20-13-5-3-2-4-6-13;/h2-8,11H,9-10H2,1H3,(H3,18,19,20);1H. The highest BCUT2D eigenvalue weighted by Gasteiger charge is 2.03. The van der Waals surface area contributed by atoms with Crippen LogP contribution in [0.3, 0.4) is 0 Å². The summed E-state index contributed by atoms with van der Waals surface area (Å²) in [5.41, 5.74) is 7.64. The largest absolute Gasteiger partial charge is 0.494 e. The van der Waals surface area contributed by atoms with Gasteiger partial charge in [0, 0.05) is 12.2 Å². The van der Waals surface area contributed by atoms with Gasteiger partial charge in [-0.3, -0.25) is 4.99 Å².